The number of esters is 1. The molecule has 5 nitrogen and oxygen atoms in total. The van der Waals surface area contributed by atoms with E-state index in [0.717, 1.165) is 12.8 Å². The first kappa shape index (κ1) is 19.3. The molecule has 0 heterocycles. The van der Waals surface area contributed by atoms with Gasteiger partial charge in [-0.3, -0.25) is 0 Å². The maximum atomic E-state index is 12.7. The Balaban J connectivity index is 1.77. The van der Waals surface area contributed by atoms with Crippen molar-refractivity contribution in [1.29, 1.82) is 0 Å². The Hall–Kier alpha value is -3.47. The number of hydrogen-bond donors (Lipinski definition) is 0. The number of unbranched alkanes of at least 4 members (excludes halogenated alkanes) is 1. The summed E-state index contributed by atoms with van der Waals surface area (Å²) in [4.78, 5) is 12.7. The molecule has 1 aliphatic carbocycles. The highest BCUT2D eigenvalue weighted by atomic mass is 16.6. The van der Waals surface area contributed by atoms with Crippen LogP contribution in [0.2, 0.25) is 0 Å². The second kappa shape index (κ2) is 9.46. The third-order valence-electron chi connectivity index (χ3n) is 4.02. The van der Waals surface area contributed by atoms with Crippen LogP contribution in [0.3, 0.4) is 0 Å². The fourth-order valence-corrected chi connectivity index (χ4v) is 2.53. The predicted octanol–water partition coefficient (Wildman–Crippen LogP) is 4.16. The highest BCUT2D eigenvalue weighted by Crippen LogP contribution is 2.30. The SMILES string of the molecule is CCCCOc1ccccc1C(=O)Oc1ccccc1OC([O-])=C1C=CC=C1. The highest BCUT2D eigenvalue weighted by Gasteiger charge is 2.16. The lowest BCUT2D eigenvalue weighted by Crippen LogP contribution is -2.15. The van der Waals surface area contributed by atoms with E-state index < -0.39 is 11.9 Å². The predicted molar refractivity (Wildman–Crippen MR) is 104 cm³/mol. The minimum Gasteiger partial charge on any atom is -0.575 e. The number of carbonyl (C=O) groups excluding carboxylic acids is 1. The van der Waals surface area contributed by atoms with Gasteiger partial charge in [0.15, 0.2) is 0 Å². The second-order valence-corrected chi connectivity index (χ2v) is 6.10. The molecule has 0 spiro atoms. The molecular weight excluding hydrogens is 356 g/mol. The van der Waals surface area contributed by atoms with Crippen molar-refractivity contribution in [2.24, 2.45) is 0 Å². The van der Waals surface area contributed by atoms with Crippen molar-refractivity contribution in [3.05, 3.63) is 89.9 Å². The van der Waals surface area contributed by atoms with Crippen LogP contribution in [-0.4, -0.2) is 12.6 Å². The third-order valence-corrected chi connectivity index (χ3v) is 4.02. The lowest BCUT2D eigenvalue weighted by molar-refractivity contribution is -0.343. The summed E-state index contributed by atoms with van der Waals surface area (Å²) in [6.45, 7) is 2.59. The molecule has 0 N–H and O–H groups in total. The van der Waals surface area contributed by atoms with Crippen LogP contribution in [0, 0.1) is 0 Å². The number of para-hydroxylation sites is 3. The smallest absolute Gasteiger partial charge is 0.347 e. The van der Waals surface area contributed by atoms with E-state index in [-0.39, 0.29) is 11.5 Å². The van der Waals surface area contributed by atoms with Gasteiger partial charge >= 0.3 is 5.97 Å². The van der Waals surface area contributed by atoms with Crippen molar-refractivity contribution in [1.82, 2.24) is 0 Å². The van der Waals surface area contributed by atoms with Gasteiger partial charge in [-0.1, -0.05) is 61.9 Å². The van der Waals surface area contributed by atoms with Crippen molar-refractivity contribution in [3.63, 3.8) is 0 Å². The van der Waals surface area contributed by atoms with Gasteiger partial charge in [-0.15, -0.1) is 0 Å². The summed E-state index contributed by atoms with van der Waals surface area (Å²) in [5, 5.41) is 12.2. The fraction of sp³-hybridized carbons (Fsp3) is 0.174. The summed E-state index contributed by atoms with van der Waals surface area (Å²) in [7, 11) is 0. The largest absolute Gasteiger partial charge is 0.575 e. The second-order valence-electron chi connectivity index (χ2n) is 6.10. The van der Waals surface area contributed by atoms with E-state index >= 15 is 0 Å². The van der Waals surface area contributed by atoms with E-state index in [1.54, 1.807) is 72.8 Å². The zero-order chi connectivity index (χ0) is 19.8. The van der Waals surface area contributed by atoms with Crippen LogP contribution in [-0.2, 0) is 0 Å². The summed E-state index contributed by atoms with van der Waals surface area (Å²) in [5.74, 6) is -0.296. The van der Waals surface area contributed by atoms with Crippen LogP contribution in [0.1, 0.15) is 30.1 Å². The molecule has 0 saturated heterocycles. The first-order chi connectivity index (χ1) is 13.7. The Labute approximate surface area is 164 Å². The van der Waals surface area contributed by atoms with Crippen LogP contribution in [0.5, 0.6) is 17.2 Å². The summed E-state index contributed by atoms with van der Waals surface area (Å²) in [6, 6.07) is 13.5. The van der Waals surface area contributed by atoms with Crippen LogP contribution < -0.4 is 19.3 Å². The summed E-state index contributed by atoms with van der Waals surface area (Å²) in [6.07, 6.45) is 8.69. The third kappa shape index (κ3) is 4.82. The van der Waals surface area contributed by atoms with Crippen molar-refractivity contribution in [2.75, 3.05) is 6.61 Å². The molecule has 5 heteroatoms. The van der Waals surface area contributed by atoms with Gasteiger partial charge in [0.25, 0.3) is 0 Å². The van der Waals surface area contributed by atoms with Crippen molar-refractivity contribution in [3.8, 4) is 17.2 Å². The van der Waals surface area contributed by atoms with Crippen LogP contribution in [0.15, 0.2) is 84.4 Å². The Morgan fingerprint density at radius 3 is 2.18 bits per heavy atom. The Morgan fingerprint density at radius 2 is 1.50 bits per heavy atom. The van der Waals surface area contributed by atoms with E-state index in [1.165, 1.54) is 0 Å². The molecule has 0 aliphatic heterocycles. The quantitative estimate of drug-likeness (QED) is 0.299. The first-order valence-electron chi connectivity index (χ1n) is 9.16. The molecule has 0 amide bonds. The maximum Gasteiger partial charge on any atom is 0.347 e. The average Bonchev–Trinajstić information content (AvgIpc) is 3.25. The molecular formula is C23H21O5-. The van der Waals surface area contributed by atoms with E-state index in [9.17, 15) is 9.90 Å². The van der Waals surface area contributed by atoms with Gasteiger partial charge in [0, 0.05) is 0 Å². The Bertz CT molecular complexity index is 910. The van der Waals surface area contributed by atoms with Crippen molar-refractivity contribution in [2.45, 2.75) is 19.8 Å². The Kier molecular flexibility index (Phi) is 6.52. The summed E-state index contributed by atoms with van der Waals surface area (Å²) >= 11 is 0. The molecule has 0 atom stereocenters. The zero-order valence-corrected chi connectivity index (χ0v) is 15.6. The number of hydrogen-bond acceptors (Lipinski definition) is 5. The lowest BCUT2D eigenvalue weighted by Gasteiger charge is -2.20. The van der Waals surface area contributed by atoms with Gasteiger partial charge in [-0.25, -0.2) is 4.79 Å². The molecule has 2 aromatic rings. The molecule has 0 radical (unpaired) electrons. The highest BCUT2D eigenvalue weighted by molar-refractivity contribution is 5.94. The van der Waals surface area contributed by atoms with Crippen LogP contribution in [0.25, 0.3) is 0 Å². The molecule has 28 heavy (non-hydrogen) atoms. The van der Waals surface area contributed by atoms with Crippen molar-refractivity contribution < 1.29 is 24.1 Å². The van der Waals surface area contributed by atoms with Gasteiger partial charge in [-0.05, 0) is 36.3 Å². The summed E-state index contributed by atoms with van der Waals surface area (Å²) in [5.41, 5.74) is 0.742. The summed E-state index contributed by atoms with van der Waals surface area (Å²) < 4.78 is 16.6. The standard InChI is InChI=1S/C23H22O5/c1-2-3-16-26-19-13-7-6-12-18(19)23(25)28-21-15-9-8-14-20(21)27-22(24)17-10-4-5-11-17/h4-15,24H,2-3,16H2,1H3/p-1. The minimum atomic E-state index is -0.580. The minimum absolute atomic E-state index is 0.163. The normalized spacial score (nSPS) is 12.1. The van der Waals surface area contributed by atoms with E-state index in [0.29, 0.717) is 23.5 Å². The fourth-order valence-electron chi connectivity index (χ4n) is 2.53. The molecule has 0 unspecified atom stereocenters. The molecule has 0 saturated carbocycles. The van der Waals surface area contributed by atoms with Gasteiger partial charge in [0.2, 0.25) is 0 Å². The van der Waals surface area contributed by atoms with Crippen molar-refractivity contribution >= 4 is 5.97 Å². The van der Waals surface area contributed by atoms with Crippen LogP contribution in [0.4, 0.5) is 0 Å². The molecule has 144 valence electrons. The number of benzene rings is 2. The molecule has 2 aromatic carbocycles. The monoisotopic (exact) mass is 377 g/mol. The lowest BCUT2D eigenvalue weighted by atomic mass is 10.2. The number of rotatable bonds is 8. The van der Waals surface area contributed by atoms with Crippen LogP contribution >= 0.6 is 0 Å². The average molecular weight is 377 g/mol. The molecule has 0 bridgehead atoms. The van der Waals surface area contributed by atoms with Gasteiger partial charge < -0.3 is 19.3 Å². The van der Waals surface area contributed by atoms with E-state index in [1.807, 2.05) is 0 Å². The Morgan fingerprint density at radius 1 is 0.893 bits per heavy atom. The number of allylic oxidation sites excluding steroid dienone is 5. The van der Waals surface area contributed by atoms with Gasteiger partial charge in [-0.2, -0.15) is 0 Å². The van der Waals surface area contributed by atoms with Gasteiger partial charge in [0.05, 0.1) is 18.3 Å². The zero-order valence-electron chi connectivity index (χ0n) is 15.6. The molecule has 0 aromatic heterocycles. The van der Waals surface area contributed by atoms with Gasteiger partial charge in [0.1, 0.15) is 17.1 Å². The molecule has 1 aliphatic rings. The molecule has 3 rings (SSSR count). The topological polar surface area (TPSA) is 67.8 Å². The number of carbonyl (C=O) groups is 1. The first-order valence-corrected chi connectivity index (χ1v) is 9.16. The van der Waals surface area contributed by atoms with E-state index in [4.69, 9.17) is 14.2 Å². The van der Waals surface area contributed by atoms with E-state index in [2.05, 4.69) is 6.92 Å². The number of ether oxygens (including phenoxy) is 3. The molecule has 0 fully saturated rings. The maximum absolute atomic E-state index is 12.7.